The standard InChI is InChI=1S/C13H16ClNO3/c1-7-5-4-6-10(14)11(7)15-12(16)8(2)9(3)13(17)18/h4-6,8-9H,1-3H3,(H,15,16)(H,17,18). The predicted octanol–water partition coefficient (Wildman–Crippen LogP) is 2.94. The van der Waals surface area contributed by atoms with Gasteiger partial charge in [-0.1, -0.05) is 37.6 Å². The highest BCUT2D eigenvalue weighted by Gasteiger charge is 2.26. The number of amides is 1. The van der Waals surface area contributed by atoms with Gasteiger partial charge in [0.25, 0.3) is 0 Å². The molecule has 0 aliphatic heterocycles. The first-order valence-corrected chi connectivity index (χ1v) is 6.01. The molecule has 1 aromatic carbocycles. The number of benzene rings is 1. The first kappa shape index (κ1) is 14.5. The molecule has 0 aliphatic rings. The van der Waals surface area contributed by atoms with Crippen molar-refractivity contribution in [3.8, 4) is 0 Å². The number of aryl methyl sites for hydroxylation is 1. The van der Waals surface area contributed by atoms with Gasteiger partial charge in [-0.2, -0.15) is 0 Å². The van der Waals surface area contributed by atoms with Crippen LogP contribution in [0.1, 0.15) is 19.4 Å². The lowest BCUT2D eigenvalue weighted by atomic mass is 9.95. The van der Waals surface area contributed by atoms with Crippen molar-refractivity contribution in [1.82, 2.24) is 0 Å². The van der Waals surface area contributed by atoms with Crippen LogP contribution in [-0.2, 0) is 9.59 Å². The van der Waals surface area contributed by atoms with E-state index < -0.39 is 17.8 Å². The highest BCUT2D eigenvalue weighted by Crippen LogP contribution is 2.26. The van der Waals surface area contributed by atoms with Gasteiger partial charge in [0.2, 0.25) is 5.91 Å². The molecule has 0 heterocycles. The highest BCUT2D eigenvalue weighted by molar-refractivity contribution is 6.33. The maximum atomic E-state index is 11.9. The third kappa shape index (κ3) is 3.23. The van der Waals surface area contributed by atoms with Crippen LogP contribution in [0.3, 0.4) is 0 Å². The minimum Gasteiger partial charge on any atom is -0.481 e. The maximum Gasteiger partial charge on any atom is 0.307 e. The smallest absolute Gasteiger partial charge is 0.307 e. The summed E-state index contributed by atoms with van der Waals surface area (Å²) in [6.07, 6.45) is 0. The zero-order valence-electron chi connectivity index (χ0n) is 10.5. The van der Waals surface area contributed by atoms with Gasteiger partial charge in [-0.25, -0.2) is 0 Å². The van der Waals surface area contributed by atoms with Crippen molar-refractivity contribution in [3.05, 3.63) is 28.8 Å². The molecule has 0 fully saturated rings. The Balaban J connectivity index is 2.85. The quantitative estimate of drug-likeness (QED) is 0.883. The van der Waals surface area contributed by atoms with Crippen LogP contribution in [0.15, 0.2) is 18.2 Å². The fourth-order valence-corrected chi connectivity index (χ4v) is 1.74. The van der Waals surface area contributed by atoms with Gasteiger partial charge < -0.3 is 10.4 Å². The van der Waals surface area contributed by atoms with Crippen molar-refractivity contribution in [3.63, 3.8) is 0 Å². The number of carboxylic acid groups (broad SMARTS) is 1. The van der Waals surface area contributed by atoms with Crippen LogP contribution < -0.4 is 5.32 Å². The molecule has 0 radical (unpaired) electrons. The van der Waals surface area contributed by atoms with E-state index in [1.54, 1.807) is 19.1 Å². The molecule has 0 aliphatic carbocycles. The molecule has 98 valence electrons. The zero-order valence-corrected chi connectivity index (χ0v) is 11.3. The number of halogens is 1. The Hall–Kier alpha value is -1.55. The molecule has 1 aromatic rings. The van der Waals surface area contributed by atoms with Crippen LogP contribution >= 0.6 is 11.6 Å². The largest absolute Gasteiger partial charge is 0.481 e. The van der Waals surface area contributed by atoms with Crippen molar-refractivity contribution in [2.75, 3.05) is 5.32 Å². The second-order valence-electron chi connectivity index (χ2n) is 4.34. The first-order valence-electron chi connectivity index (χ1n) is 5.63. The molecule has 2 unspecified atom stereocenters. The summed E-state index contributed by atoms with van der Waals surface area (Å²) in [5, 5.41) is 12.0. The predicted molar refractivity (Wildman–Crippen MR) is 70.8 cm³/mol. The summed E-state index contributed by atoms with van der Waals surface area (Å²) in [6.45, 7) is 4.92. The summed E-state index contributed by atoms with van der Waals surface area (Å²) in [5.41, 5.74) is 1.37. The molecule has 5 heteroatoms. The number of nitrogens with one attached hydrogen (secondary N) is 1. The molecule has 1 amide bonds. The van der Waals surface area contributed by atoms with Gasteiger partial charge in [-0.05, 0) is 18.6 Å². The Kier molecular flexibility index (Phi) is 4.73. The molecular weight excluding hydrogens is 254 g/mol. The fourth-order valence-electron chi connectivity index (χ4n) is 1.47. The van der Waals surface area contributed by atoms with Crippen molar-refractivity contribution in [2.45, 2.75) is 20.8 Å². The second kappa shape index (κ2) is 5.87. The lowest BCUT2D eigenvalue weighted by molar-refractivity contribution is -0.145. The second-order valence-corrected chi connectivity index (χ2v) is 4.74. The van der Waals surface area contributed by atoms with E-state index in [1.807, 2.05) is 13.0 Å². The molecule has 2 atom stereocenters. The molecule has 0 saturated carbocycles. The van der Waals surface area contributed by atoms with Gasteiger partial charge in [0, 0.05) is 5.92 Å². The van der Waals surface area contributed by atoms with Crippen LogP contribution in [-0.4, -0.2) is 17.0 Å². The first-order chi connectivity index (χ1) is 8.34. The number of para-hydroxylation sites is 1. The van der Waals surface area contributed by atoms with Crippen molar-refractivity contribution >= 4 is 29.2 Å². The van der Waals surface area contributed by atoms with Crippen LogP contribution in [0, 0.1) is 18.8 Å². The van der Waals surface area contributed by atoms with Gasteiger partial charge in [0.05, 0.1) is 16.6 Å². The number of rotatable bonds is 4. The highest BCUT2D eigenvalue weighted by atomic mass is 35.5. The Morgan fingerprint density at radius 1 is 1.28 bits per heavy atom. The van der Waals surface area contributed by atoms with Crippen LogP contribution in [0.25, 0.3) is 0 Å². The molecule has 18 heavy (non-hydrogen) atoms. The molecule has 4 nitrogen and oxygen atoms in total. The monoisotopic (exact) mass is 269 g/mol. The van der Waals surface area contributed by atoms with Crippen LogP contribution in [0.4, 0.5) is 5.69 Å². The number of hydrogen-bond acceptors (Lipinski definition) is 2. The molecule has 0 saturated heterocycles. The van der Waals surface area contributed by atoms with Gasteiger partial charge in [-0.3, -0.25) is 9.59 Å². The fraction of sp³-hybridized carbons (Fsp3) is 0.385. The minimum absolute atomic E-state index is 0.346. The average Bonchev–Trinajstić information content (AvgIpc) is 2.31. The van der Waals surface area contributed by atoms with E-state index in [9.17, 15) is 9.59 Å². The van der Waals surface area contributed by atoms with E-state index in [0.29, 0.717) is 10.7 Å². The van der Waals surface area contributed by atoms with Crippen molar-refractivity contribution in [1.29, 1.82) is 0 Å². The molecule has 2 N–H and O–H groups in total. The van der Waals surface area contributed by atoms with E-state index in [2.05, 4.69) is 5.32 Å². The number of carbonyl (C=O) groups excluding carboxylic acids is 1. The summed E-state index contributed by atoms with van der Waals surface area (Å²) in [6, 6.07) is 5.29. The van der Waals surface area contributed by atoms with E-state index in [0.717, 1.165) is 5.56 Å². The number of carboxylic acids is 1. The molecule has 0 spiro atoms. The zero-order chi connectivity index (χ0) is 13.9. The molecule has 1 rings (SSSR count). The van der Waals surface area contributed by atoms with E-state index in [-0.39, 0.29) is 5.91 Å². The van der Waals surface area contributed by atoms with Crippen LogP contribution in [0.2, 0.25) is 5.02 Å². The van der Waals surface area contributed by atoms with Gasteiger partial charge >= 0.3 is 5.97 Å². The molecule has 0 bridgehead atoms. The van der Waals surface area contributed by atoms with Crippen LogP contribution in [0.5, 0.6) is 0 Å². The summed E-state index contributed by atoms with van der Waals surface area (Å²) in [7, 11) is 0. The Labute approximate surface area is 111 Å². The van der Waals surface area contributed by atoms with Crippen molar-refractivity contribution in [2.24, 2.45) is 11.8 Å². The third-order valence-corrected chi connectivity index (χ3v) is 3.34. The number of carbonyl (C=O) groups is 2. The number of hydrogen-bond donors (Lipinski definition) is 2. The van der Waals surface area contributed by atoms with Crippen molar-refractivity contribution < 1.29 is 14.7 Å². The molecule has 0 aromatic heterocycles. The number of aliphatic carboxylic acids is 1. The van der Waals surface area contributed by atoms with Gasteiger partial charge in [0.1, 0.15) is 0 Å². The topological polar surface area (TPSA) is 66.4 Å². The summed E-state index contributed by atoms with van der Waals surface area (Å²) < 4.78 is 0. The molecular formula is C13H16ClNO3. The Morgan fingerprint density at radius 3 is 2.39 bits per heavy atom. The summed E-state index contributed by atoms with van der Waals surface area (Å²) in [4.78, 5) is 22.8. The SMILES string of the molecule is Cc1cccc(Cl)c1NC(=O)C(C)C(C)C(=O)O. The average molecular weight is 270 g/mol. The van der Waals surface area contributed by atoms with E-state index in [4.69, 9.17) is 16.7 Å². The third-order valence-electron chi connectivity index (χ3n) is 3.02. The van der Waals surface area contributed by atoms with E-state index in [1.165, 1.54) is 6.92 Å². The Bertz CT molecular complexity index is 453. The summed E-state index contributed by atoms with van der Waals surface area (Å²) in [5.74, 6) is -2.71. The normalized spacial score (nSPS) is 13.8. The lowest BCUT2D eigenvalue weighted by Crippen LogP contribution is -2.30. The minimum atomic E-state index is -0.992. The Morgan fingerprint density at radius 2 is 1.89 bits per heavy atom. The lowest BCUT2D eigenvalue weighted by Gasteiger charge is -2.17. The summed E-state index contributed by atoms with van der Waals surface area (Å²) >= 11 is 5.99. The maximum absolute atomic E-state index is 11.9. The van der Waals surface area contributed by atoms with Gasteiger partial charge in [0.15, 0.2) is 0 Å². The number of anilines is 1. The van der Waals surface area contributed by atoms with E-state index >= 15 is 0 Å². The van der Waals surface area contributed by atoms with Gasteiger partial charge in [-0.15, -0.1) is 0 Å².